The molecule has 0 radical (unpaired) electrons. The van der Waals surface area contributed by atoms with Gasteiger partial charge in [0.25, 0.3) is 0 Å². The molecule has 40 heavy (non-hydrogen) atoms. The van der Waals surface area contributed by atoms with E-state index in [4.69, 9.17) is 9.84 Å². The fraction of sp³-hybridized carbons (Fsp3) is 0.586. The Labute approximate surface area is 234 Å². The first-order valence-electron chi connectivity index (χ1n) is 14.1. The van der Waals surface area contributed by atoms with Crippen LogP contribution in [-0.2, 0) is 4.79 Å². The SMILES string of the molecule is CC(C)C(=O)N(C)c1cc(F)ccc1Oc1cncnc1N1CC2(CN(CC[C@H]3CC[C@H](NC(=O)O)CC3)C2)C1. The molecule has 2 aliphatic heterocycles. The van der Waals surface area contributed by atoms with Gasteiger partial charge in [0.05, 0.1) is 11.9 Å². The van der Waals surface area contributed by atoms with Gasteiger partial charge in [-0.3, -0.25) is 4.79 Å². The molecule has 2 amide bonds. The van der Waals surface area contributed by atoms with Gasteiger partial charge in [-0.1, -0.05) is 13.8 Å². The van der Waals surface area contributed by atoms with E-state index in [1.165, 1.54) is 29.4 Å². The summed E-state index contributed by atoms with van der Waals surface area (Å²) in [5, 5.41) is 11.5. The molecule has 2 saturated heterocycles. The van der Waals surface area contributed by atoms with Crippen LogP contribution in [0, 0.1) is 23.1 Å². The molecule has 2 aromatic rings. The molecule has 3 aliphatic rings. The molecular weight excluding hydrogens is 515 g/mol. The second-order valence-electron chi connectivity index (χ2n) is 12.0. The predicted molar refractivity (Wildman–Crippen MR) is 149 cm³/mol. The molecule has 1 saturated carbocycles. The van der Waals surface area contributed by atoms with E-state index in [0.29, 0.717) is 28.9 Å². The summed E-state index contributed by atoms with van der Waals surface area (Å²) >= 11 is 0. The minimum Gasteiger partial charge on any atom is -0.465 e. The minimum atomic E-state index is -0.921. The number of nitrogens with one attached hydrogen (secondary N) is 1. The van der Waals surface area contributed by atoms with Gasteiger partial charge in [-0.25, -0.2) is 19.2 Å². The molecular formula is C29H39FN6O4. The van der Waals surface area contributed by atoms with E-state index >= 15 is 0 Å². The van der Waals surface area contributed by atoms with Gasteiger partial charge in [0.2, 0.25) is 5.91 Å². The van der Waals surface area contributed by atoms with Crippen LogP contribution in [-0.4, -0.2) is 77.8 Å². The Morgan fingerprint density at radius 3 is 2.58 bits per heavy atom. The number of anilines is 2. The standard InChI is InChI=1S/C29H39FN6O4/c1-19(2)27(37)34(3)23-12-21(30)6-9-24(23)40-25-13-31-18-32-26(25)36-16-29(17-36)14-35(15-29)11-10-20-4-7-22(8-5-20)33-28(38)39/h6,9,12-13,18-20,22,33H,4-5,7-8,10-11,14-17H2,1-3H3,(H,38,39)/t20-,22-. The summed E-state index contributed by atoms with van der Waals surface area (Å²) in [6, 6.07) is 4.26. The van der Waals surface area contributed by atoms with Crippen molar-refractivity contribution in [1.82, 2.24) is 20.2 Å². The van der Waals surface area contributed by atoms with Crippen LogP contribution in [0.2, 0.25) is 0 Å². The number of aromatic nitrogens is 2. The number of rotatable bonds is 9. The molecule has 10 nitrogen and oxygen atoms in total. The highest BCUT2D eigenvalue weighted by molar-refractivity contribution is 5.95. The Kier molecular flexibility index (Phi) is 8.11. The van der Waals surface area contributed by atoms with E-state index in [9.17, 15) is 14.0 Å². The third-order valence-corrected chi connectivity index (χ3v) is 8.48. The Hall–Kier alpha value is -3.47. The first-order valence-corrected chi connectivity index (χ1v) is 14.1. The molecule has 1 aliphatic carbocycles. The number of hydrogen-bond acceptors (Lipinski definition) is 7. The molecule has 3 fully saturated rings. The molecule has 0 bridgehead atoms. The summed E-state index contributed by atoms with van der Waals surface area (Å²) in [6.07, 6.45) is 7.40. The highest BCUT2D eigenvalue weighted by Gasteiger charge is 2.52. The van der Waals surface area contributed by atoms with Crippen LogP contribution in [0.25, 0.3) is 0 Å². The van der Waals surface area contributed by atoms with Crippen molar-refractivity contribution in [3.63, 3.8) is 0 Å². The molecule has 0 unspecified atom stereocenters. The molecule has 2 N–H and O–H groups in total. The maximum Gasteiger partial charge on any atom is 0.404 e. The number of carbonyl (C=O) groups excluding carboxylic acids is 1. The highest BCUT2D eigenvalue weighted by Crippen LogP contribution is 2.45. The Bertz CT molecular complexity index is 1220. The Balaban J connectivity index is 1.14. The van der Waals surface area contributed by atoms with Crippen LogP contribution in [0.3, 0.4) is 0 Å². The zero-order chi connectivity index (χ0) is 28.4. The van der Waals surface area contributed by atoms with E-state index in [2.05, 4.69) is 25.1 Å². The number of likely N-dealkylation sites (tertiary alicyclic amines) is 1. The highest BCUT2D eigenvalue weighted by atomic mass is 19.1. The van der Waals surface area contributed by atoms with Crippen molar-refractivity contribution in [3.05, 3.63) is 36.5 Å². The number of carboxylic acid groups (broad SMARTS) is 1. The van der Waals surface area contributed by atoms with Crippen LogP contribution >= 0.6 is 0 Å². The first kappa shape index (κ1) is 28.1. The topological polar surface area (TPSA) is 111 Å². The fourth-order valence-corrected chi connectivity index (χ4v) is 6.39. The van der Waals surface area contributed by atoms with Gasteiger partial charge in [0, 0.05) is 56.7 Å². The molecule has 3 heterocycles. The molecule has 216 valence electrons. The lowest BCUT2D eigenvalue weighted by molar-refractivity contribution is -0.121. The summed E-state index contributed by atoms with van der Waals surface area (Å²) in [4.78, 5) is 38.2. The first-order chi connectivity index (χ1) is 19.1. The predicted octanol–water partition coefficient (Wildman–Crippen LogP) is 4.37. The largest absolute Gasteiger partial charge is 0.465 e. The Morgan fingerprint density at radius 2 is 1.90 bits per heavy atom. The van der Waals surface area contributed by atoms with Crippen LogP contribution in [0.15, 0.2) is 30.7 Å². The van der Waals surface area contributed by atoms with Gasteiger partial charge in [0.15, 0.2) is 17.3 Å². The summed E-state index contributed by atoms with van der Waals surface area (Å²) < 4.78 is 20.3. The molecule has 5 rings (SSSR count). The van der Waals surface area contributed by atoms with E-state index < -0.39 is 11.9 Å². The molecule has 0 atom stereocenters. The number of amides is 2. The van der Waals surface area contributed by atoms with Crippen molar-refractivity contribution in [2.45, 2.75) is 52.0 Å². The van der Waals surface area contributed by atoms with E-state index in [0.717, 1.165) is 64.8 Å². The van der Waals surface area contributed by atoms with Crippen molar-refractivity contribution < 1.29 is 23.8 Å². The number of carbonyl (C=O) groups is 2. The fourth-order valence-electron chi connectivity index (χ4n) is 6.39. The van der Waals surface area contributed by atoms with Gasteiger partial charge < -0.3 is 29.9 Å². The Morgan fingerprint density at radius 1 is 1.18 bits per heavy atom. The molecule has 1 spiro atoms. The average molecular weight is 555 g/mol. The van der Waals surface area contributed by atoms with Crippen LogP contribution in [0.1, 0.15) is 46.0 Å². The van der Waals surface area contributed by atoms with Gasteiger partial charge >= 0.3 is 6.09 Å². The van der Waals surface area contributed by atoms with E-state index in [1.54, 1.807) is 27.1 Å². The van der Waals surface area contributed by atoms with Gasteiger partial charge in [-0.15, -0.1) is 0 Å². The molecule has 1 aromatic heterocycles. The summed E-state index contributed by atoms with van der Waals surface area (Å²) in [5.41, 5.74) is 0.616. The molecule has 1 aromatic carbocycles. The second-order valence-corrected chi connectivity index (χ2v) is 12.0. The van der Waals surface area contributed by atoms with Crippen molar-refractivity contribution in [3.8, 4) is 11.5 Å². The van der Waals surface area contributed by atoms with Gasteiger partial charge in [0.1, 0.15) is 12.1 Å². The van der Waals surface area contributed by atoms with Crippen molar-refractivity contribution in [2.75, 3.05) is 49.6 Å². The van der Waals surface area contributed by atoms with Gasteiger partial charge in [-0.05, 0) is 56.7 Å². The number of halogens is 1. The quantitative estimate of drug-likeness (QED) is 0.470. The summed E-state index contributed by atoms with van der Waals surface area (Å²) in [7, 11) is 1.62. The van der Waals surface area contributed by atoms with E-state index in [1.807, 2.05) is 0 Å². The number of ether oxygens (including phenoxy) is 1. The lowest BCUT2D eigenvalue weighted by atomic mass is 9.72. The lowest BCUT2D eigenvalue weighted by Crippen LogP contribution is -2.72. The van der Waals surface area contributed by atoms with Crippen molar-refractivity contribution in [2.24, 2.45) is 17.3 Å². The normalized spacial score (nSPS) is 22.0. The summed E-state index contributed by atoms with van der Waals surface area (Å²) in [5.74, 6) is 1.38. The van der Waals surface area contributed by atoms with Crippen molar-refractivity contribution in [1.29, 1.82) is 0 Å². The third kappa shape index (κ3) is 6.14. The minimum absolute atomic E-state index is 0.107. The van der Waals surface area contributed by atoms with Gasteiger partial charge in [-0.2, -0.15) is 0 Å². The van der Waals surface area contributed by atoms with Crippen LogP contribution in [0.5, 0.6) is 11.5 Å². The molecule has 11 heteroatoms. The van der Waals surface area contributed by atoms with Crippen molar-refractivity contribution >= 4 is 23.5 Å². The van der Waals surface area contributed by atoms with Crippen LogP contribution in [0.4, 0.5) is 20.7 Å². The smallest absolute Gasteiger partial charge is 0.404 e. The average Bonchev–Trinajstić information content (AvgIpc) is 2.88. The zero-order valence-electron chi connectivity index (χ0n) is 23.5. The maximum absolute atomic E-state index is 14.1. The summed E-state index contributed by atoms with van der Waals surface area (Å²) in [6.45, 7) is 8.57. The second kappa shape index (κ2) is 11.6. The maximum atomic E-state index is 14.1. The lowest BCUT2D eigenvalue weighted by Gasteiger charge is -2.61. The third-order valence-electron chi connectivity index (χ3n) is 8.48. The zero-order valence-corrected chi connectivity index (χ0v) is 23.5. The number of nitrogens with zero attached hydrogens (tertiary/aromatic N) is 5. The van der Waals surface area contributed by atoms with E-state index in [-0.39, 0.29) is 23.3 Å². The monoisotopic (exact) mass is 554 g/mol. The van der Waals surface area contributed by atoms with Crippen LogP contribution < -0.4 is 19.9 Å². The number of benzene rings is 1. The number of hydrogen-bond donors (Lipinski definition) is 2.